The molecule has 11 heavy (non-hydrogen) atoms. The normalized spacial score (nSPS) is 23.2. The molecule has 0 unspecified atom stereocenters. The highest BCUT2D eigenvalue weighted by Crippen LogP contribution is 2.08. The van der Waals surface area contributed by atoms with E-state index < -0.39 is 0 Å². The van der Waals surface area contributed by atoms with Crippen LogP contribution in [0, 0.1) is 0 Å². The molecular weight excluding hydrogens is 160 g/mol. The molecule has 1 heterocycles. The van der Waals surface area contributed by atoms with Gasteiger partial charge in [0.1, 0.15) is 6.10 Å². The van der Waals surface area contributed by atoms with Crippen LogP contribution in [-0.4, -0.2) is 42.8 Å². The molecule has 0 aromatic heterocycles. The summed E-state index contributed by atoms with van der Waals surface area (Å²) in [6.45, 7) is 2.55. The maximum Gasteiger partial charge on any atom is 0.161 e. The van der Waals surface area contributed by atoms with Gasteiger partial charge < -0.3 is 13.9 Å². The van der Waals surface area contributed by atoms with Crippen LogP contribution in [0.3, 0.4) is 0 Å². The molecule has 1 saturated heterocycles. The summed E-state index contributed by atoms with van der Waals surface area (Å²) in [4.78, 5) is 0. The van der Waals surface area contributed by atoms with Crippen LogP contribution in [-0.2, 0) is 13.9 Å². The van der Waals surface area contributed by atoms with E-state index in [4.69, 9.17) is 13.9 Å². The monoisotopic (exact) mass is 176 g/mol. The van der Waals surface area contributed by atoms with Crippen LogP contribution in [0.1, 0.15) is 6.42 Å². The van der Waals surface area contributed by atoms with Crippen LogP contribution in [0.5, 0.6) is 0 Å². The van der Waals surface area contributed by atoms with E-state index in [-0.39, 0.29) is 9.76 Å². The lowest BCUT2D eigenvalue weighted by Gasteiger charge is -2.00. The highest BCUT2D eigenvalue weighted by molar-refractivity contribution is 6.26. The Bertz CT molecular complexity index is 95.7. The highest BCUT2D eigenvalue weighted by Gasteiger charge is 2.21. The Morgan fingerprint density at radius 1 is 1.64 bits per heavy atom. The minimum atomic E-state index is -0.221. The molecular formula is C7H16O3Si. The Hall–Kier alpha value is 0.0969. The van der Waals surface area contributed by atoms with Crippen molar-refractivity contribution in [3.63, 3.8) is 0 Å². The third-order valence-corrected chi connectivity index (χ3v) is 2.79. The van der Waals surface area contributed by atoms with E-state index in [1.54, 1.807) is 7.11 Å². The van der Waals surface area contributed by atoms with Gasteiger partial charge >= 0.3 is 0 Å². The maximum absolute atomic E-state index is 5.35. The molecule has 0 N–H and O–H groups in total. The first-order chi connectivity index (χ1) is 5.43. The average molecular weight is 176 g/mol. The van der Waals surface area contributed by atoms with E-state index in [0.717, 1.165) is 26.2 Å². The third-order valence-electron chi connectivity index (χ3n) is 1.59. The summed E-state index contributed by atoms with van der Waals surface area (Å²) in [6, 6.07) is 1.22. The van der Waals surface area contributed by atoms with Crippen molar-refractivity contribution in [1.82, 2.24) is 0 Å². The van der Waals surface area contributed by atoms with Crippen molar-refractivity contribution >= 4 is 9.76 Å². The molecule has 4 heteroatoms. The van der Waals surface area contributed by atoms with Gasteiger partial charge in [0.15, 0.2) is 9.76 Å². The second-order valence-corrected chi connectivity index (χ2v) is 4.42. The van der Waals surface area contributed by atoms with Gasteiger partial charge in [0.05, 0.1) is 13.2 Å². The lowest BCUT2D eigenvalue weighted by Crippen LogP contribution is -2.03. The van der Waals surface area contributed by atoms with Crippen molar-refractivity contribution in [2.45, 2.75) is 18.6 Å². The van der Waals surface area contributed by atoms with Crippen LogP contribution >= 0.6 is 0 Å². The molecule has 0 aromatic carbocycles. The van der Waals surface area contributed by atoms with Gasteiger partial charge in [-0.2, -0.15) is 0 Å². The first-order valence-corrected chi connectivity index (χ1v) is 5.69. The number of hydrogen-bond acceptors (Lipinski definition) is 3. The van der Waals surface area contributed by atoms with Gasteiger partial charge in [0.25, 0.3) is 0 Å². The Morgan fingerprint density at radius 2 is 2.45 bits per heavy atom. The van der Waals surface area contributed by atoms with Gasteiger partial charge in [-0.25, -0.2) is 0 Å². The Morgan fingerprint density at radius 3 is 3.09 bits per heavy atom. The smallest absolute Gasteiger partial charge is 0.161 e. The van der Waals surface area contributed by atoms with Crippen molar-refractivity contribution < 1.29 is 13.9 Å². The van der Waals surface area contributed by atoms with E-state index in [9.17, 15) is 0 Å². The summed E-state index contributed by atoms with van der Waals surface area (Å²) >= 11 is 0. The minimum Gasteiger partial charge on any atom is -0.427 e. The molecule has 0 amide bonds. The summed E-state index contributed by atoms with van der Waals surface area (Å²) in [5, 5.41) is 0. The predicted octanol–water partition coefficient (Wildman–Crippen LogP) is -0.0596. The molecule has 1 fully saturated rings. The van der Waals surface area contributed by atoms with Crippen LogP contribution in [0.2, 0.25) is 6.04 Å². The molecule has 1 atom stereocenters. The maximum atomic E-state index is 5.35. The molecule has 0 saturated carbocycles. The topological polar surface area (TPSA) is 31.0 Å². The highest BCUT2D eigenvalue weighted by atomic mass is 28.2. The number of hydrogen-bond donors (Lipinski definition) is 0. The number of ether oxygens (including phenoxy) is 2. The van der Waals surface area contributed by atoms with Crippen LogP contribution < -0.4 is 0 Å². The first-order valence-electron chi connectivity index (χ1n) is 4.12. The van der Waals surface area contributed by atoms with Crippen LogP contribution in [0.15, 0.2) is 0 Å². The fourth-order valence-corrected chi connectivity index (χ4v) is 1.53. The quantitative estimate of drug-likeness (QED) is 0.309. The molecule has 1 rings (SSSR count). The van der Waals surface area contributed by atoms with Crippen molar-refractivity contribution in [3.8, 4) is 0 Å². The van der Waals surface area contributed by atoms with Gasteiger partial charge in [-0.15, -0.1) is 0 Å². The first kappa shape index (κ1) is 9.19. The van der Waals surface area contributed by atoms with Gasteiger partial charge in [-0.1, -0.05) is 0 Å². The van der Waals surface area contributed by atoms with Gasteiger partial charge in [0, 0.05) is 13.7 Å². The number of epoxide rings is 1. The number of rotatable bonds is 7. The lowest BCUT2D eigenvalue weighted by molar-refractivity contribution is 0.117. The van der Waals surface area contributed by atoms with Gasteiger partial charge in [-0.3, -0.25) is 0 Å². The molecule has 0 spiro atoms. The summed E-state index contributed by atoms with van der Waals surface area (Å²) < 4.78 is 15.4. The summed E-state index contributed by atoms with van der Waals surface area (Å²) in [6.07, 6.45) is 1.56. The molecule has 3 nitrogen and oxygen atoms in total. The lowest BCUT2D eigenvalue weighted by atomic mass is 10.5. The van der Waals surface area contributed by atoms with E-state index >= 15 is 0 Å². The van der Waals surface area contributed by atoms with Crippen LogP contribution in [0.25, 0.3) is 0 Å². The van der Waals surface area contributed by atoms with Crippen molar-refractivity contribution in [3.05, 3.63) is 0 Å². The molecule has 1 aliphatic heterocycles. The molecule has 0 aromatic rings. The Kier molecular flexibility index (Phi) is 4.77. The van der Waals surface area contributed by atoms with Crippen molar-refractivity contribution in [1.29, 1.82) is 0 Å². The molecule has 1 aliphatic rings. The zero-order valence-corrected chi connectivity index (χ0v) is 8.46. The van der Waals surface area contributed by atoms with Crippen molar-refractivity contribution in [2.75, 3.05) is 26.9 Å². The summed E-state index contributed by atoms with van der Waals surface area (Å²) in [7, 11) is 1.56. The van der Waals surface area contributed by atoms with E-state index in [1.165, 1.54) is 6.04 Å². The second kappa shape index (κ2) is 5.71. The molecule has 66 valence electrons. The van der Waals surface area contributed by atoms with Gasteiger partial charge in [0.2, 0.25) is 0 Å². The fraction of sp³-hybridized carbons (Fsp3) is 1.00. The van der Waals surface area contributed by atoms with Crippen molar-refractivity contribution in [2.24, 2.45) is 0 Å². The molecule has 0 bridgehead atoms. The predicted molar refractivity (Wildman–Crippen MR) is 45.5 cm³/mol. The minimum absolute atomic E-state index is 0.221. The Labute approximate surface area is 70.0 Å². The molecule has 0 aliphatic carbocycles. The van der Waals surface area contributed by atoms with E-state index in [2.05, 4.69) is 0 Å². The fourth-order valence-electron chi connectivity index (χ4n) is 0.830. The average Bonchev–Trinajstić information content (AvgIpc) is 2.80. The zero-order valence-electron chi connectivity index (χ0n) is 7.04. The standard InChI is InChI=1S/C7H16O3Si/c1-8-11-4-2-3-9-5-7-6-10-7/h7H,2-6,11H2,1H3/t7-/m0/s1. The summed E-state index contributed by atoms with van der Waals surface area (Å²) in [5.41, 5.74) is 0. The Balaban J connectivity index is 1.66. The molecule has 0 radical (unpaired) electrons. The largest absolute Gasteiger partial charge is 0.427 e. The second-order valence-electron chi connectivity index (χ2n) is 2.73. The van der Waals surface area contributed by atoms with Gasteiger partial charge in [-0.05, 0) is 12.5 Å². The third kappa shape index (κ3) is 5.38. The van der Waals surface area contributed by atoms with E-state index in [0.29, 0.717) is 6.10 Å². The van der Waals surface area contributed by atoms with Crippen LogP contribution in [0.4, 0.5) is 0 Å². The zero-order chi connectivity index (χ0) is 7.94. The summed E-state index contributed by atoms with van der Waals surface area (Å²) in [5.74, 6) is 0. The SMILES string of the molecule is CO[SiH2]CCCOC[C@H]1CO1. The van der Waals surface area contributed by atoms with E-state index in [1.807, 2.05) is 0 Å².